The van der Waals surface area contributed by atoms with Crippen LogP contribution in [0.2, 0.25) is 0 Å². The average Bonchev–Trinajstić information content (AvgIpc) is 3.54. The summed E-state index contributed by atoms with van der Waals surface area (Å²) in [6.45, 7) is 2.44. The van der Waals surface area contributed by atoms with Gasteiger partial charge in [0.15, 0.2) is 5.76 Å². The van der Waals surface area contributed by atoms with Gasteiger partial charge in [-0.2, -0.15) is 0 Å². The number of esters is 1. The van der Waals surface area contributed by atoms with Gasteiger partial charge in [0, 0.05) is 26.0 Å². The number of pyridine rings is 1. The van der Waals surface area contributed by atoms with Crippen LogP contribution in [0.3, 0.4) is 0 Å². The molecule has 0 radical (unpaired) electrons. The van der Waals surface area contributed by atoms with Crippen molar-refractivity contribution in [2.75, 3.05) is 14.1 Å². The molecule has 3 heterocycles. The zero-order valence-electron chi connectivity index (χ0n) is 20.0. The smallest absolute Gasteiger partial charge is 0.339 e. The van der Waals surface area contributed by atoms with E-state index >= 15 is 0 Å². The van der Waals surface area contributed by atoms with Crippen LogP contribution in [0, 0.1) is 0 Å². The van der Waals surface area contributed by atoms with Crippen molar-refractivity contribution in [1.82, 2.24) is 18.8 Å². The van der Waals surface area contributed by atoms with E-state index in [1.54, 1.807) is 36.6 Å². The molecule has 0 unspecified atom stereocenters. The van der Waals surface area contributed by atoms with Crippen LogP contribution >= 0.6 is 0 Å². The Morgan fingerprint density at radius 2 is 1.83 bits per heavy atom. The van der Waals surface area contributed by atoms with Crippen molar-refractivity contribution in [2.24, 2.45) is 0 Å². The first kappa shape index (κ1) is 23.7. The van der Waals surface area contributed by atoms with Crippen molar-refractivity contribution < 1.29 is 22.4 Å². The summed E-state index contributed by atoms with van der Waals surface area (Å²) in [5.41, 5.74) is 2.82. The summed E-state index contributed by atoms with van der Waals surface area (Å²) in [5, 5.41) is 0.667. The molecule has 0 aliphatic carbocycles. The molecule has 0 atom stereocenters. The normalized spacial score (nSPS) is 12.0. The highest BCUT2D eigenvalue weighted by Gasteiger charge is 2.21. The fraction of sp³-hybridized carbons (Fsp3) is 0.192. The maximum absolute atomic E-state index is 13.2. The molecule has 9 nitrogen and oxygen atoms in total. The SMILES string of the molecule is CCn1c(COC(=O)c2cc(-c3ccco3)nc3ccccc23)nc2cc(S(=O)(=O)N(C)C)ccc21. The van der Waals surface area contributed by atoms with Gasteiger partial charge in [0.25, 0.3) is 0 Å². The highest BCUT2D eigenvalue weighted by Crippen LogP contribution is 2.27. The molecule has 10 heteroatoms. The number of hydrogen-bond acceptors (Lipinski definition) is 7. The topological polar surface area (TPSA) is 108 Å². The number of imidazole rings is 1. The van der Waals surface area contributed by atoms with E-state index in [0.29, 0.717) is 45.8 Å². The first-order chi connectivity index (χ1) is 17.3. The zero-order chi connectivity index (χ0) is 25.4. The number of hydrogen-bond donors (Lipinski definition) is 0. The van der Waals surface area contributed by atoms with Crippen LogP contribution in [-0.2, 0) is 27.9 Å². The van der Waals surface area contributed by atoms with E-state index in [4.69, 9.17) is 9.15 Å². The van der Waals surface area contributed by atoms with Crippen LogP contribution in [0.1, 0.15) is 23.1 Å². The van der Waals surface area contributed by atoms with Crippen LogP contribution in [-0.4, -0.2) is 47.3 Å². The number of carbonyl (C=O) groups is 1. The number of aromatic nitrogens is 3. The van der Waals surface area contributed by atoms with Gasteiger partial charge < -0.3 is 13.7 Å². The summed E-state index contributed by atoms with van der Waals surface area (Å²) in [7, 11) is -0.636. The van der Waals surface area contributed by atoms with Gasteiger partial charge in [0.1, 0.15) is 18.1 Å². The van der Waals surface area contributed by atoms with Gasteiger partial charge in [0.05, 0.1) is 33.3 Å². The van der Waals surface area contributed by atoms with Crippen molar-refractivity contribution in [3.8, 4) is 11.5 Å². The molecule has 0 bridgehead atoms. The van der Waals surface area contributed by atoms with E-state index in [1.165, 1.54) is 20.2 Å². The van der Waals surface area contributed by atoms with E-state index in [9.17, 15) is 13.2 Å². The number of furan rings is 1. The molecule has 3 aromatic heterocycles. The van der Waals surface area contributed by atoms with E-state index in [1.807, 2.05) is 35.8 Å². The molecule has 0 saturated carbocycles. The Labute approximate surface area is 208 Å². The third-order valence-corrected chi connectivity index (χ3v) is 7.75. The van der Waals surface area contributed by atoms with Gasteiger partial charge >= 0.3 is 5.97 Å². The molecule has 0 fully saturated rings. The largest absolute Gasteiger partial charge is 0.463 e. The third-order valence-electron chi connectivity index (χ3n) is 5.94. The molecule has 184 valence electrons. The van der Waals surface area contributed by atoms with E-state index in [0.717, 1.165) is 9.82 Å². The van der Waals surface area contributed by atoms with Gasteiger partial charge in [-0.25, -0.2) is 27.5 Å². The number of aryl methyl sites for hydroxylation is 1. The molecular formula is C26H24N4O5S. The Kier molecular flexibility index (Phi) is 6.07. The van der Waals surface area contributed by atoms with Gasteiger partial charge in [0.2, 0.25) is 10.0 Å². The fourth-order valence-electron chi connectivity index (χ4n) is 4.10. The summed E-state index contributed by atoms with van der Waals surface area (Å²) < 4.78 is 39.3. The monoisotopic (exact) mass is 504 g/mol. The highest BCUT2D eigenvalue weighted by atomic mass is 32.2. The first-order valence-electron chi connectivity index (χ1n) is 11.3. The summed E-state index contributed by atoms with van der Waals surface area (Å²) in [5.74, 6) is 0.544. The lowest BCUT2D eigenvalue weighted by molar-refractivity contribution is 0.0461. The molecule has 2 aromatic carbocycles. The predicted molar refractivity (Wildman–Crippen MR) is 135 cm³/mol. The number of carbonyl (C=O) groups excluding carboxylic acids is 1. The number of sulfonamides is 1. The van der Waals surface area contributed by atoms with Crippen LogP contribution in [0.25, 0.3) is 33.4 Å². The Bertz CT molecular complexity index is 1690. The summed E-state index contributed by atoms with van der Waals surface area (Å²) in [6.07, 6.45) is 1.55. The number of para-hydroxylation sites is 1. The molecule has 5 aromatic rings. The van der Waals surface area contributed by atoms with Gasteiger partial charge in [-0.1, -0.05) is 18.2 Å². The summed E-state index contributed by atoms with van der Waals surface area (Å²) in [6, 6.07) is 17.3. The van der Waals surface area contributed by atoms with Crippen LogP contribution < -0.4 is 0 Å². The second-order valence-corrected chi connectivity index (χ2v) is 10.5. The molecule has 0 spiro atoms. The number of ether oxygens (including phenoxy) is 1. The molecule has 5 rings (SSSR count). The minimum atomic E-state index is -3.60. The van der Waals surface area contributed by atoms with E-state index < -0.39 is 16.0 Å². The Hall–Kier alpha value is -4.02. The van der Waals surface area contributed by atoms with Crippen molar-refractivity contribution in [1.29, 1.82) is 0 Å². The third kappa shape index (κ3) is 4.14. The number of fused-ring (bicyclic) bond motifs is 2. The fourth-order valence-corrected chi connectivity index (χ4v) is 5.02. The maximum atomic E-state index is 13.2. The maximum Gasteiger partial charge on any atom is 0.339 e. The molecule has 0 amide bonds. The minimum Gasteiger partial charge on any atom is -0.463 e. The molecule has 0 aliphatic rings. The Morgan fingerprint density at radius 1 is 1.03 bits per heavy atom. The lowest BCUT2D eigenvalue weighted by Crippen LogP contribution is -2.22. The van der Waals surface area contributed by atoms with E-state index in [2.05, 4.69) is 9.97 Å². The Morgan fingerprint density at radius 3 is 2.56 bits per heavy atom. The lowest BCUT2D eigenvalue weighted by atomic mass is 10.1. The van der Waals surface area contributed by atoms with Crippen LogP contribution in [0.4, 0.5) is 0 Å². The van der Waals surface area contributed by atoms with Crippen molar-refractivity contribution in [3.05, 3.63) is 78.3 Å². The summed E-state index contributed by atoms with van der Waals surface area (Å²) >= 11 is 0. The Balaban J connectivity index is 1.48. The molecule has 36 heavy (non-hydrogen) atoms. The molecule has 0 N–H and O–H groups in total. The predicted octanol–water partition coefficient (Wildman–Crippen LogP) is 4.47. The number of nitrogens with zero attached hydrogens (tertiary/aromatic N) is 4. The minimum absolute atomic E-state index is 0.0795. The average molecular weight is 505 g/mol. The van der Waals surface area contributed by atoms with Crippen LogP contribution in [0.15, 0.2) is 76.2 Å². The summed E-state index contributed by atoms with van der Waals surface area (Å²) in [4.78, 5) is 22.6. The second kappa shape index (κ2) is 9.21. The first-order valence-corrected chi connectivity index (χ1v) is 12.8. The second-order valence-electron chi connectivity index (χ2n) is 8.34. The highest BCUT2D eigenvalue weighted by molar-refractivity contribution is 7.89. The molecule has 0 aliphatic heterocycles. The van der Waals surface area contributed by atoms with Gasteiger partial charge in [-0.05, 0) is 49.4 Å². The van der Waals surface area contributed by atoms with Gasteiger partial charge in [-0.3, -0.25) is 0 Å². The lowest BCUT2D eigenvalue weighted by Gasteiger charge is -2.11. The van der Waals surface area contributed by atoms with E-state index in [-0.39, 0.29) is 11.5 Å². The van der Waals surface area contributed by atoms with Crippen molar-refractivity contribution >= 4 is 37.9 Å². The number of rotatable bonds is 7. The van der Waals surface area contributed by atoms with Crippen molar-refractivity contribution in [2.45, 2.75) is 25.0 Å². The van der Waals surface area contributed by atoms with Gasteiger partial charge in [-0.15, -0.1) is 0 Å². The quantitative estimate of drug-likeness (QED) is 0.301. The standard InChI is InChI=1S/C26H24N4O5S/c1-4-30-23-12-11-17(36(32,33)29(2)3)14-21(23)28-25(30)16-35-26(31)19-15-22(24-10-7-13-34-24)27-20-9-6-5-8-18(19)20/h5-15H,4,16H2,1-3H3. The molecular weight excluding hydrogens is 480 g/mol. The number of benzene rings is 2. The van der Waals surface area contributed by atoms with Crippen LogP contribution in [0.5, 0.6) is 0 Å². The zero-order valence-corrected chi connectivity index (χ0v) is 20.8. The van der Waals surface area contributed by atoms with Crippen molar-refractivity contribution in [3.63, 3.8) is 0 Å². The molecule has 0 saturated heterocycles.